The first-order valence-corrected chi connectivity index (χ1v) is 6.94. The molecule has 6 heteroatoms. The van der Waals surface area contributed by atoms with Gasteiger partial charge in [-0.3, -0.25) is 10.1 Å². The SMILES string of the molecule is CC(C)CCCCNc1nc2ccc([N+](=O)[O-])cc2[nH]1. The Morgan fingerprint density at radius 2 is 2.20 bits per heavy atom. The van der Waals surface area contributed by atoms with Crippen LogP contribution in [0, 0.1) is 16.0 Å². The summed E-state index contributed by atoms with van der Waals surface area (Å²) >= 11 is 0. The van der Waals surface area contributed by atoms with E-state index < -0.39 is 4.92 Å². The molecule has 0 atom stereocenters. The van der Waals surface area contributed by atoms with Crippen LogP contribution in [0.3, 0.4) is 0 Å². The van der Waals surface area contributed by atoms with Crippen molar-refractivity contribution in [2.45, 2.75) is 33.1 Å². The molecule has 0 unspecified atom stereocenters. The minimum atomic E-state index is -0.403. The van der Waals surface area contributed by atoms with Crippen molar-refractivity contribution >= 4 is 22.7 Å². The molecule has 0 radical (unpaired) electrons. The summed E-state index contributed by atoms with van der Waals surface area (Å²) in [7, 11) is 0. The molecular formula is C14H20N4O2. The highest BCUT2D eigenvalue weighted by atomic mass is 16.6. The van der Waals surface area contributed by atoms with Gasteiger partial charge in [0, 0.05) is 18.7 Å². The standard InChI is InChI=1S/C14H20N4O2/c1-10(2)5-3-4-8-15-14-16-12-7-6-11(18(19)20)9-13(12)17-14/h6-7,9-10H,3-5,8H2,1-2H3,(H2,15,16,17). The number of nitrogens with one attached hydrogen (secondary N) is 2. The first-order chi connectivity index (χ1) is 9.56. The van der Waals surface area contributed by atoms with E-state index in [1.54, 1.807) is 6.07 Å². The van der Waals surface area contributed by atoms with E-state index in [0.717, 1.165) is 24.4 Å². The predicted octanol–water partition coefficient (Wildman–Crippen LogP) is 3.71. The Kier molecular flexibility index (Phi) is 4.55. The molecule has 2 N–H and O–H groups in total. The van der Waals surface area contributed by atoms with E-state index in [1.807, 2.05) is 0 Å². The second kappa shape index (κ2) is 6.36. The molecular weight excluding hydrogens is 256 g/mol. The van der Waals surface area contributed by atoms with Gasteiger partial charge in [0.05, 0.1) is 16.0 Å². The fourth-order valence-corrected chi connectivity index (χ4v) is 2.08. The van der Waals surface area contributed by atoms with Crippen LogP contribution in [0.5, 0.6) is 0 Å². The quantitative estimate of drug-likeness (QED) is 0.458. The lowest BCUT2D eigenvalue weighted by Gasteiger charge is -2.04. The summed E-state index contributed by atoms with van der Waals surface area (Å²) in [6, 6.07) is 4.63. The molecule has 108 valence electrons. The van der Waals surface area contributed by atoms with E-state index in [4.69, 9.17) is 0 Å². The third-order valence-corrected chi connectivity index (χ3v) is 3.18. The van der Waals surface area contributed by atoms with Crippen molar-refractivity contribution in [2.75, 3.05) is 11.9 Å². The highest BCUT2D eigenvalue weighted by molar-refractivity contribution is 5.79. The van der Waals surface area contributed by atoms with E-state index in [2.05, 4.69) is 29.1 Å². The topological polar surface area (TPSA) is 83.8 Å². The number of fused-ring (bicyclic) bond motifs is 1. The number of nitro benzene ring substituents is 1. The number of anilines is 1. The minimum Gasteiger partial charge on any atom is -0.356 e. The normalized spacial score (nSPS) is 11.2. The highest BCUT2D eigenvalue weighted by Crippen LogP contribution is 2.20. The van der Waals surface area contributed by atoms with Gasteiger partial charge in [-0.15, -0.1) is 0 Å². The number of nitrogens with zero attached hydrogens (tertiary/aromatic N) is 2. The molecule has 20 heavy (non-hydrogen) atoms. The maximum absolute atomic E-state index is 10.7. The van der Waals surface area contributed by atoms with Crippen molar-refractivity contribution in [3.63, 3.8) is 0 Å². The summed E-state index contributed by atoms with van der Waals surface area (Å²) in [6.45, 7) is 5.30. The van der Waals surface area contributed by atoms with Crippen LogP contribution in [-0.4, -0.2) is 21.4 Å². The van der Waals surface area contributed by atoms with Gasteiger partial charge < -0.3 is 10.3 Å². The first kappa shape index (κ1) is 14.3. The molecule has 6 nitrogen and oxygen atoms in total. The summed E-state index contributed by atoms with van der Waals surface area (Å²) in [5, 5.41) is 13.9. The lowest BCUT2D eigenvalue weighted by atomic mass is 10.1. The number of aromatic amines is 1. The average molecular weight is 276 g/mol. The number of nitro groups is 1. The van der Waals surface area contributed by atoms with E-state index >= 15 is 0 Å². The van der Waals surface area contributed by atoms with Gasteiger partial charge in [0.25, 0.3) is 5.69 Å². The zero-order valence-electron chi connectivity index (χ0n) is 11.8. The van der Waals surface area contributed by atoms with E-state index in [1.165, 1.54) is 25.0 Å². The fraction of sp³-hybridized carbons (Fsp3) is 0.500. The van der Waals surface area contributed by atoms with Gasteiger partial charge in [0.15, 0.2) is 0 Å². The lowest BCUT2D eigenvalue weighted by molar-refractivity contribution is -0.384. The molecule has 0 aliphatic heterocycles. The van der Waals surface area contributed by atoms with Crippen LogP contribution >= 0.6 is 0 Å². The number of H-pyrrole nitrogens is 1. The molecule has 0 aliphatic rings. The van der Waals surface area contributed by atoms with Crippen LogP contribution < -0.4 is 5.32 Å². The smallest absolute Gasteiger partial charge is 0.271 e. The monoisotopic (exact) mass is 276 g/mol. The number of hydrogen-bond donors (Lipinski definition) is 2. The molecule has 2 rings (SSSR count). The van der Waals surface area contributed by atoms with Gasteiger partial charge in [0.2, 0.25) is 5.95 Å². The van der Waals surface area contributed by atoms with E-state index in [-0.39, 0.29) is 5.69 Å². The molecule has 0 saturated carbocycles. The van der Waals surface area contributed by atoms with Crippen molar-refractivity contribution in [3.8, 4) is 0 Å². The Labute approximate surface area is 117 Å². The summed E-state index contributed by atoms with van der Waals surface area (Å²) in [5.74, 6) is 1.41. The Bertz CT molecular complexity index is 592. The second-order valence-corrected chi connectivity index (χ2v) is 5.36. The summed E-state index contributed by atoms with van der Waals surface area (Å²) < 4.78 is 0. The number of aromatic nitrogens is 2. The molecule has 0 saturated heterocycles. The minimum absolute atomic E-state index is 0.0737. The van der Waals surface area contributed by atoms with Crippen LogP contribution in [0.4, 0.5) is 11.6 Å². The third-order valence-electron chi connectivity index (χ3n) is 3.18. The molecule has 0 amide bonds. The van der Waals surface area contributed by atoms with Gasteiger partial charge in [-0.25, -0.2) is 4.98 Å². The molecule has 1 heterocycles. The summed E-state index contributed by atoms with van der Waals surface area (Å²) in [4.78, 5) is 17.7. The largest absolute Gasteiger partial charge is 0.356 e. The van der Waals surface area contributed by atoms with Crippen molar-refractivity contribution < 1.29 is 4.92 Å². The van der Waals surface area contributed by atoms with Crippen molar-refractivity contribution in [2.24, 2.45) is 5.92 Å². The van der Waals surface area contributed by atoms with Crippen molar-refractivity contribution in [3.05, 3.63) is 28.3 Å². The molecule has 0 fully saturated rings. The van der Waals surface area contributed by atoms with Gasteiger partial charge >= 0.3 is 0 Å². The summed E-state index contributed by atoms with van der Waals surface area (Å²) in [5.41, 5.74) is 1.49. The van der Waals surface area contributed by atoms with Crippen molar-refractivity contribution in [1.82, 2.24) is 9.97 Å². The highest BCUT2D eigenvalue weighted by Gasteiger charge is 2.09. The third kappa shape index (κ3) is 3.69. The fourth-order valence-electron chi connectivity index (χ4n) is 2.08. The molecule has 0 spiro atoms. The molecule has 1 aromatic carbocycles. The van der Waals surface area contributed by atoms with E-state index in [9.17, 15) is 10.1 Å². The molecule has 2 aromatic rings. The second-order valence-electron chi connectivity index (χ2n) is 5.36. The van der Waals surface area contributed by atoms with Gasteiger partial charge in [-0.2, -0.15) is 0 Å². The van der Waals surface area contributed by atoms with Crippen LogP contribution in [0.15, 0.2) is 18.2 Å². The Balaban J connectivity index is 1.93. The van der Waals surface area contributed by atoms with E-state index in [0.29, 0.717) is 11.5 Å². The number of hydrogen-bond acceptors (Lipinski definition) is 4. The van der Waals surface area contributed by atoms with Crippen molar-refractivity contribution in [1.29, 1.82) is 0 Å². The Hall–Kier alpha value is -2.11. The zero-order valence-corrected chi connectivity index (χ0v) is 11.8. The number of non-ortho nitro benzene ring substituents is 1. The Morgan fingerprint density at radius 3 is 2.90 bits per heavy atom. The molecule has 0 aliphatic carbocycles. The maximum Gasteiger partial charge on any atom is 0.271 e. The van der Waals surface area contributed by atoms with Crippen LogP contribution in [0.2, 0.25) is 0 Å². The summed E-state index contributed by atoms with van der Waals surface area (Å²) in [6.07, 6.45) is 3.51. The molecule has 0 bridgehead atoms. The van der Waals surface area contributed by atoms with Gasteiger partial charge in [0.1, 0.15) is 0 Å². The predicted molar refractivity (Wildman–Crippen MR) is 79.9 cm³/mol. The number of unbranched alkanes of at least 4 members (excludes halogenated alkanes) is 1. The Morgan fingerprint density at radius 1 is 1.40 bits per heavy atom. The van der Waals surface area contributed by atoms with Crippen LogP contribution in [-0.2, 0) is 0 Å². The average Bonchev–Trinajstić information content (AvgIpc) is 2.79. The molecule has 1 aromatic heterocycles. The van der Waals surface area contributed by atoms with Gasteiger partial charge in [-0.05, 0) is 18.4 Å². The number of rotatable bonds is 7. The van der Waals surface area contributed by atoms with Gasteiger partial charge in [-0.1, -0.05) is 26.7 Å². The zero-order chi connectivity index (χ0) is 14.5. The maximum atomic E-state index is 10.7. The first-order valence-electron chi connectivity index (χ1n) is 6.94. The number of benzene rings is 1. The lowest BCUT2D eigenvalue weighted by Crippen LogP contribution is -2.03. The number of imidazole rings is 1. The van der Waals surface area contributed by atoms with Crippen LogP contribution in [0.1, 0.15) is 33.1 Å². The van der Waals surface area contributed by atoms with Crippen LogP contribution in [0.25, 0.3) is 11.0 Å².